The van der Waals surface area contributed by atoms with Gasteiger partial charge in [0.1, 0.15) is 0 Å². The van der Waals surface area contributed by atoms with Gasteiger partial charge >= 0.3 is 0 Å². The standard InChI is InChI=1S/C18H22N2O3S/c1-12(2)24(21,22)20-17-9-14-5-4-13(8-16(14)10-17)15-6-7-18(23-3)19-11-15/h4-8,11-12,17,20H,9-10H2,1-3H3. The van der Waals surface area contributed by atoms with Crippen LogP contribution in [0.25, 0.3) is 11.1 Å². The molecule has 3 rings (SSSR count). The summed E-state index contributed by atoms with van der Waals surface area (Å²) in [5.41, 5.74) is 4.50. The first-order valence-electron chi connectivity index (χ1n) is 8.02. The van der Waals surface area contributed by atoms with E-state index in [9.17, 15) is 8.42 Å². The third kappa shape index (κ3) is 3.44. The van der Waals surface area contributed by atoms with Gasteiger partial charge in [-0.1, -0.05) is 18.2 Å². The topological polar surface area (TPSA) is 68.3 Å². The Morgan fingerprint density at radius 2 is 1.83 bits per heavy atom. The summed E-state index contributed by atoms with van der Waals surface area (Å²) in [5, 5.41) is -0.415. The molecule has 0 spiro atoms. The van der Waals surface area contributed by atoms with E-state index in [1.54, 1.807) is 27.2 Å². The molecular weight excluding hydrogens is 324 g/mol. The first-order chi connectivity index (χ1) is 11.4. The van der Waals surface area contributed by atoms with Crippen molar-refractivity contribution in [3.63, 3.8) is 0 Å². The lowest BCUT2D eigenvalue weighted by atomic mass is 10.0. The Hall–Kier alpha value is -1.92. The molecule has 1 aliphatic carbocycles. The maximum absolute atomic E-state index is 12.1. The van der Waals surface area contributed by atoms with E-state index in [4.69, 9.17) is 4.74 Å². The number of rotatable bonds is 5. The second kappa shape index (κ2) is 6.53. The van der Waals surface area contributed by atoms with Crippen LogP contribution < -0.4 is 9.46 Å². The van der Waals surface area contributed by atoms with Crippen molar-refractivity contribution in [3.8, 4) is 17.0 Å². The third-order valence-corrected chi connectivity index (χ3v) is 6.27. The fraction of sp³-hybridized carbons (Fsp3) is 0.389. The lowest BCUT2D eigenvalue weighted by Crippen LogP contribution is -2.39. The van der Waals surface area contributed by atoms with Gasteiger partial charge in [0.15, 0.2) is 0 Å². The molecule has 2 aromatic rings. The van der Waals surface area contributed by atoms with Gasteiger partial charge in [0.05, 0.1) is 12.4 Å². The zero-order valence-corrected chi connectivity index (χ0v) is 14.9. The van der Waals surface area contributed by atoms with Crippen molar-refractivity contribution in [3.05, 3.63) is 47.7 Å². The zero-order valence-electron chi connectivity index (χ0n) is 14.1. The second-order valence-electron chi connectivity index (χ2n) is 6.39. The van der Waals surface area contributed by atoms with E-state index < -0.39 is 15.3 Å². The lowest BCUT2D eigenvalue weighted by molar-refractivity contribution is 0.398. The van der Waals surface area contributed by atoms with E-state index in [-0.39, 0.29) is 6.04 Å². The predicted molar refractivity (Wildman–Crippen MR) is 94.6 cm³/mol. The van der Waals surface area contributed by atoms with Crippen LogP contribution in [-0.2, 0) is 22.9 Å². The van der Waals surface area contributed by atoms with Gasteiger partial charge in [0.25, 0.3) is 0 Å². The number of sulfonamides is 1. The highest BCUT2D eigenvalue weighted by atomic mass is 32.2. The van der Waals surface area contributed by atoms with Gasteiger partial charge in [-0.05, 0) is 49.4 Å². The lowest BCUT2D eigenvalue weighted by Gasteiger charge is -2.14. The van der Waals surface area contributed by atoms with E-state index in [1.165, 1.54) is 11.1 Å². The number of ether oxygens (including phenoxy) is 1. The number of fused-ring (bicyclic) bond motifs is 1. The van der Waals surface area contributed by atoms with Crippen LogP contribution in [0.1, 0.15) is 25.0 Å². The Morgan fingerprint density at radius 3 is 2.46 bits per heavy atom. The van der Waals surface area contributed by atoms with Crippen molar-refractivity contribution in [2.24, 2.45) is 0 Å². The molecule has 0 bridgehead atoms. The van der Waals surface area contributed by atoms with Gasteiger partial charge < -0.3 is 4.74 Å². The minimum atomic E-state index is -3.24. The molecule has 1 atom stereocenters. The zero-order chi connectivity index (χ0) is 17.3. The number of methoxy groups -OCH3 is 1. The number of aromatic nitrogens is 1. The van der Waals surface area contributed by atoms with Crippen molar-refractivity contribution >= 4 is 10.0 Å². The highest BCUT2D eigenvalue weighted by molar-refractivity contribution is 7.90. The quantitative estimate of drug-likeness (QED) is 0.903. The molecule has 128 valence electrons. The van der Waals surface area contributed by atoms with Crippen molar-refractivity contribution < 1.29 is 13.2 Å². The SMILES string of the molecule is COc1ccc(-c2ccc3c(c2)CC(NS(=O)(=O)C(C)C)C3)cn1. The molecule has 1 aliphatic rings. The molecule has 1 N–H and O–H groups in total. The van der Waals surface area contributed by atoms with Crippen LogP contribution in [0.4, 0.5) is 0 Å². The van der Waals surface area contributed by atoms with E-state index in [0.717, 1.165) is 24.0 Å². The molecular formula is C18H22N2O3S. The molecule has 0 aliphatic heterocycles. The van der Waals surface area contributed by atoms with Crippen LogP contribution in [0, 0.1) is 0 Å². The van der Waals surface area contributed by atoms with Crippen LogP contribution in [0.2, 0.25) is 0 Å². The minimum Gasteiger partial charge on any atom is -0.481 e. The van der Waals surface area contributed by atoms with Gasteiger partial charge in [-0.15, -0.1) is 0 Å². The molecule has 5 nitrogen and oxygen atoms in total. The van der Waals surface area contributed by atoms with Gasteiger partial charge in [-0.25, -0.2) is 18.1 Å². The molecule has 1 aromatic carbocycles. The Balaban J connectivity index is 1.78. The first-order valence-corrected chi connectivity index (χ1v) is 9.57. The third-order valence-electron chi connectivity index (χ3n) is 4.37. The van der Waals surface area contributed by atoms with Crippen LogP contribution in [-0.4, -0.2) is 31.8 Å². The van der Waals surface area contributed by atoms with Gasteiger partial charge in [0, 0.05) is 23.9 Å². The Bertz CT molecular complexity index is 830. The molecule has 6 heteroatoms. The number of nitrogens with zero attached hydrogens (tertiary/aromatic N) is 1. The summed E-state index contributed by atoms with van der Waals surface area (Å²) in [6.45, 7) is 3.39. The summed E-state index contributed by atoms with van der Waals surface area (Å²) in [4.78, 5) is 4.24. The van der Waals surface area contributed by atoms with E-state index in [2.05, 4.69) is 27.9 Å². The summed E-state index contributed by atoms with van der Waals surface area (Å²) >= 11 is 0. The molecule has 0 fully saturated rings. The van der Waals surface area contributed by atoms with Crippen molar-refractivity contribution in [1.82, 2.24) is 9.71 Å². The van der Waals surface area contributed by atoms with Crippen molar-refractivity contribution in [2.45, 2.75) is 38.0 Å². The fourth-order valence-electron chi connectivity index (χ4n) is 2.92. The first kappa shape index (κ1) is 16.9. The average molecular weight is 346 g/mol. The number of hydrogen-bond donors (Lipinski definition) is 1. The van der Waals surface area contributed by atoms with Crippen LogP contribution in [0.5, 0.6) is 5.88 Å². The predicted octanol–water partition coefficient (Wildman–Crippen LogP) is 2.55. The number of hydrogen-bond acceptors (Lipinski definition) is 4. The Labute approximate surface area is 143 Å². The van der Waals surface area contributed by atoms with E-state index in [0.29, 0.717) is 5.88 Å². The van der Waals surface area contributed by atoms with Gasteiger partial charge in [0.2, 0.25) is 15.9 Å². The van der Waals surface area contributed by atoms with Crippen LogP contribution in [0.15, 0.2) is 36.5 Å². The van der Waals surface area contributed by atoms with Crippen LogP contribution >= 0.6 is 0 Å². The fourth-order valence-corrected chi connectivity index (χ4v) is 3.82. The van der Waals surface area contributed by atoms with Gasteiger partial charge in [-0.2, -0.15) is 0 Å². The Morgan fingerprint density at radius 1 is 1.12 bits per heavy atom. The molecule has 1 aromatic heterocycles. The highest BCUT2D eigenvalue weighted by Gasteiger charge is 2.27. The average Bonchev–Trinajstić information content (AvgIpc) is 2.95. The maximum atomic E-state index is 12.1. The van der Waals surface area contributed by atoms with Gasteiger partial charge in [-0.3, -0.25) is 0 Å². The molecule has 0 amide bonds. The largest absolute Gasteiger partial charge is 0.481 e. The van der Waals surface area contributed by atoms with E-state index >= 15 is 0 Å². The number of benzene rings is 1. The monoisotopic (exact) mass is 346 g/mol. The number of nitrogens with one attached hydrogen (secondary N) is 1. The number of pyridine rings is 1. The van der Waals surface area contributed by atoms with Crippen LogP contribution in [0.3, 0.4) is 0 Å². The van der Waals surface area contributed by atoms with Crippen molar-refractivity contribution in [1.29, 1.82) is 0 Å². The normalized spacial score (nSPS) is 17.1. The van der Waals surface area contributed by atoms with Crippen molar-refractivity contribution in [2.75, 3.05) is 7.11 Å². The molecule has 1 unspecified atom stereocenters. The molecule has 1 heterocycles. The van der Waals surface area contributed by atoms with E-state index in [1.807, 2.05) is 12.1 Å². The summed E-state index contributed by atoms with van der Waals surface area (Å²) in [5.74, 6) is 0.586. The minimum absolute atomic E-state index is 0.0587. The second-order valence-corrected chi connectivity index (χ2v) is 8.66. The smallest absolute Gasteiger partial charge is 0.214 e. The summed E-state index contributed by atoms with van der Waals surface area (Å²) in [7, 11) is -1.65. The molecule has 0 saturated heterocycles. The highest BCUT2D eigenvalue weighted by Crippen LogP contribution is 2.29. The molecule has 0 saturated carbocycles. The molecule has 0 radical (unpaired) electrons. The maximum Gasteiger partial charge on any atom is 0.214 e. The molecule has 24 heavy (non-hydrogen) atoms. The summed E-state index contributed by atoms with van der Waals surface area (Å²) in [6.07, 6.45) is 3.25. The summed E-state index contributed by atoms with van der Waals surface area (Å²) < 4.78 is 32.0. The Kier molecular flexibility index (Phi) is 4.60. The summed E-state index contributed by atoms with van der Waals surface area (Å²) in [6, 6.07) is 10.0.